The van der Waals surface area contributed by atoms with Crippen LogP contribution in [0, 0.1) is 6.92 Å². The number of nitrogens with one attached hydrogen (secondary N) is 1. The van der Waals surface area contributed by atoms with Crippen molar-refractivity contribution < 1.29 is 9.90 Å². The van der Waals surface area contributed by atoms with Gasteiger partial charge in [-0.1, -0.05) is 42.8 Å². The second kappa shape index (κ2) is 7.13. The van der Waals surface area contributed by atoms with Gasteiger partial charge in [-0.05, 0) is 31.5 Å². The maximum Gasteiger partial charge on any atom is 0.335 e. The number of hydrogen-bond donors (Lipinski definition) is 2. The van der Waals surface area contributed by atoms with Crippen LogP contribution in [-0.4, -0.2) is 21.0 Å². The number of hydrogen-bond acceptors (Lipinski definition) is 4. The van der Waals surface area contributed by atoms with Crippen LogP contribution in [0.25, 0.3) is 11.4 Å². The van der Waals surface area contributed by atoms with E-state index in [1.165, 1.54) is 5.56 Å². The highest BCUT2D eigenvalue weighted by atomic mass is 16.4. The van der Waals surface area contributed by atoms with Gasteiger partial charge in [0, 0.05) is 23.0 Å². The van der Waals surface area contributed by atoms with Crippen LogP contribution in [0.3, 0.4) is 0 Å². The Labute approximate surface area is 146 Å². The van der Waals surface area contributed by atoms with Gasteiger partial charge in [0.1, 0.15) is 5.82 Å². The molecule has 0 fully saturated rings. The van der Waals surface area contributed by atoms with Crippen LogP contribution in [0.2, 0.25) is 0 Å². The van der Waals surface area contributed by atoms with Gasteiger partial charge in [0.2, 0.25) is 0 Å². The average Bonchev–Trinajstić information content (AvgIpc) is 2.62. The van der Waals surface area contributed by atoms with Crippen LogP contribution in [0.5, 0.6) is 0 Å². The van der Waals surface area contributed by atoms with E-state index in [4.69, 9.17) is 5.11 Å². The highest BCUT2D eigenvalue weighted by molar-refractivity contribution is 5.89. The van der Waals surface area contributed by atoms with Crippen molar-refractivity contribution in [3.05, 3.63) is 71.4 Å². The van der Waals surface area contributed by atoms with Crippen molar-refractivity contribution in [3.63, 3.8) is 0 Å². The van der Waals surface area contributed by atoms with Crippen molar-refractivity contribution in [1.29, 1.82) is 0 Å². The number of carbonyl (C=O) groups is 1. The molecule has 3 rings (SSSR count). The second-order valence-electron chi connectivity index (χ2n) is 5.80. The molecule has 0 radical (unpaired) electrons. The third kappa shape index (κ3) is 4.01. The molecule has 25 heavy (non-hydrogen) atoms. The van der Waals surface area contributed by atoms with Gasteiger partial charge < -0.3 is 10.4 Å². The molecule has 0 bridgehead atoms. The summed E-state index contributed by atoms with van der Waals surface area (Å²) in [6.45, 7) is 4.08. The largest absolute Gasteiger partial charge is 0.478 e. The fourth-order valence-electron chi connectivity index (χ4n) is 2.45. The predicted octanol–water partition coefficient (Wildman–Crippen LogP) is 4.46. The van der Waals surface area contributed by atoms with Crippen LogP contribution in [0.1, 0.15) is 28.5 Å². The van der Waals surface area contributed by atoms with Gasteiger partial charge >= 0.3 is 5.97 Å². The maximum atomic E-state index is 11.1. The molecule has 3 aromatic rings. The molecule has 0 atom stereocenters. The topological polar surface area (TPSA) is 75.1 Å². The van der Waals surface area contributed by atoms with Gasteiger partial charge in [-0.2, -0.15) is 0 Å². The predicted molar refractivity (Wildman–Crippen MR) is 98.3 cm³/mol. The fraction of sp³-hybridized carbons (Fsp3) is 0.150. The Morgan fingerprint density at radius 1 is 1.08 bits per heavy atom. The summed E-state index contributed by atoms with van der Waals surface area (Å²) < 4.78 is 0. The average molecular weight is 333 g/mol. The van der Waals surface area contributed by atoms with Gasteiger partial charge in [-0.15, -0.1) is 0 Å². The van der Waals surface area contributed by atoms with E-state index in [9.17, 15) is 4.79 Å². The number of rotatable bonds is 5. The lowest BCUT2D eigenvalue weighted by Gasteiger charge is -2.10. The number of aryl methyl sites for hydroxylation is 2. The lowest BCUT2D eigenvalue weighted by Crippen LogP contribution is -2.02. The highest BCUT2D eigenvalue weighted by Crippen LogP contribution is 2.22. The Morgan fingerprint density at radius 2 is 1.84 bits per heavy atom. The lowest BCUT2D eigenvalue weighted by molar-refractivity contribution is 0.0697. The van der Waals surface area contributed by atoms with E-state index in [1.807, 2.05) is 50.2 Å². The summed E-state index contributed by atoms with van der Waals surface area (Å²) in [5, 5.41) is 12.3. The SMILES string of the molecule is CCc1cc(Nc2cccc(C(=O)O)c2)nc(-c2ccc(C)cc2)n1. The van der Waals surface area contributed by atoms with Crippen molar-refractivity contribution in [2.24, 2.45) is 0 Å². The minimum atomic E-state index is -0.957. The molecule has 1 aromatic heterocycles. The molecule has 0 aliphatic heterocycles. The van der Waals surface area contributed by atoms with Crippen molar-refractivity contribution in [2.75, 3.05) is 5.32 Å². The zero-order chi connectivity index (χ0) is 17.8. The first-order chi connectivity index (χ1) is 12.0. The smallest absolute Gasteiger partial charge is 0.335 e. The molecule has 0 amide bonds. The Morgan fingerprint density at radius 3 is 2.52 bits per heavy atom. The summed E-state index contributed by atoms with van der Waals surface area (Å²) in [6, 6.07) is 16.6. The molecule has 126 valence electrons. The number of aromatic carboxylic acids is 1. The molecule has 0 unspecified atom stereocenters. The summed E-state index contributed by atoms with van der Waals surface area (Å²) >= 11 is 0. The number of nitrogens with zero attached hydrogens (tertiary/aromatic N) is 2. The Kier molecular flexibility index (Phi) is 4.75. The number of aromatic nitrogens is 2. The summed E-state index contributed by atoms with van der Waals surface area (Å²) in [4.78, 5) is 20.3. The zero-order valence-corrected chi connectivity index (χ0v) is 14.2. The highest BCUT2D eigenvalue weighted by Gasteiger charge is 2.08. The maximum absolute atomic E-state index is 11.1. The van der Waals surface area contributed by atoms with E-state index in [-0.39, 0.29) is 5.56 Å². The van der Waals surface area contributed by atoms with Crippen molar-refractivity contribution in [3.8, 4) is 11.4 Å². The monoisotopic (exact) mass is 333 g/mol. The normalized spacial score (nSPS) is 10.5. The molecule has 5 nitrogen and oxygen atoms in total. The number of benzene rings is 2. The second-order valence-corrected chi connectivity index (χ2v) is 5.80. The fourth-order valence-corrected chi connectivity index (χ4v) is 2.45. The number of anilines is 2. The van der Waals surface area contributed by atoms with E-state index in [2.05, 4.69) is 15.3 Å². The first-order valence-corrected chi connectivity index (χ1v) is 8.10. The van der Waals surface area contributed by atoms with Crippen molar-refractivity contribution >= 4 is 17.5 Å². The molecule has 0 aliphatic rings. The Balaban J connectivity index is 1.96. The van der Waals surface area contributed by atoms with E-state index in [1.54, 1.807) is 18.2 Å². The summed E-state index contributed by atoms with van der Waals surface area (Å²) in [5.74, 6) is 0.335. The van der Waals surface area contributed by atoms with Gasteiger partial charge in [0.25, 0.3) is 0 Å². The molecule has 0 saturated heterocycles. The lowest BCUT2D eigenvalue weighted by atomic mass is 10.1. The molecule has 2 N–H and O–H groups in total. The summed E-state index contributed by atoms with van der Waals surface area (Å²) in [5.41, 5.74) is 3.95. The number of carboxylic acid groups (broad SMARTS) is 1. The third-order valence-electron chi connectivity index (χ3n) is 3.83. The van der Waals surface area contributed by atoms with Crippen molar-refractivity contribution in [2.45, 2.75) is 20.3 Å². The molecule has 1 heterocycles. The molecule has 2 aromatic carbocycles. The van der Waals surface area contributed by atoms with Crippen LogP contribution in [0.4, 0.5) is 11.5 Å². The minimum absolute atomic E-state index is 0.230. The van der Waals surface area contributed by atoms with Gasteiger partial charge in [0.05, 0.1) is 5.56 Å². The standard InChI is InChI=1S/C20H19N3O2/c1-3-16-12-18(21-17-6-4-5-15(11-17)20(24)25)23-19(22-16)14-9-7-13(2)8-10-14/h4-12H,3H2,1-2H3,(H,24,25)(H,21,22,23). The van der Waals surface area contributed by atoms with E-state index < -0.39 is 5.97 Å². The van der Waals surface area contributed by atoms with Crippen LogP contribution < -0.4 is 5.32 Å². The Hall–Kier alpha value is -3.21. The molecule has 5 heteroatoms. The third-order valence-corrected chi connectivity index (χ3v) is 3.83. The van der Waals surface area contributed by atoms with Crippen LogP contribution >= 0.6 is 0 Å². The van der Waals surface area contributed by atoms with E-state index in [0.717, 1.165) is 17.7 Å². The first kappa shape index (κ1) is 16.6. The number of carboxylic acids is 1. The van der Waals surface area contributed by atoms with Crippen molar-refractivity contribution in [1.82, 2.24) is 9.97 Å². The van der Waals surface area contributed by atoms with Crippen LogP contribution in [0.15, 0.2) is 54.6 Å². The quantitative estimate of drug-likeness (QED) is 0.721. The molecular formula is C20H19N3O2. The van der Waals surface area contributed by atoms with Gasteiger partial charge in [0.15, 0.2) is 5.82 Å². The Bertz CT molecular complexity index is 905. The zero-order valence-electron chi connectivity index (χ0n) is 14.2. The van der Waals surface area contributed by atoms with E-state index in [0.29, 0.717) is 17.3 Å². The summed E-state index contributed by atoms with van der Waals surface area (Å²) in [7, 11) is 0. The van der Waals surface area contributed by atoms with Crippen LogP contribution in [-0.2, 0) is 6.42 Å². The van der Waals surface area contributed by atoms with E-state index >= 15 is 0 Å². The molecule has 0 saturated carbocycles. The summed E-state index contributed by atoms with van der Waals surface area (Å²) in [6.07, 6.45) is 0.783. The molecular weight excluding hydrogens is 314 g/mol. The minimum Gasteiger partial charge on any atom is -0.478 e. The molecule has 0 spiro atoms. The van der Waals surface area contributed by atoms with Gasteiger partial charge in [-0.25, -0.2) is 14.8 Å². The first-order valence-electron chi connectivity index (χ1n) is 8.10. The molecule has 0 aliphatic carbocycles. The van der Waals surface area contributed by atoms with Gasteiger partial charge in [-0.3, -0.25) is 0 Å².